The van der Waals surface area contributed by atoms with Crippen LogP contribution in [0.2, 0.25) is 5.02 Å². The minimum absolute atomic E-state index is 0.119. The number of ether oxygens (including phenoxy) is 3. The van der Waals surface area contributed by atoms with Crippen molar-refractivity contribution in [2.75, 3.05) is 26.6 Å². The van der Waals surface area contributed by atoms with E-state index in [1.807, 2.05) is 6.07 Å². The predicted molar refractivity (Wildman–Crippen MR) is 99.8 cm³/mol. The Morgan fingerprint density at radius 2 is 1.77 bits per heavy atom. The number of hydrogen-bond acceptors (Lipinski definition) is 5. The van der Waals surface area contributed by atoms with Crippen LogP contribution in [-0.2, 0) is 4.79 Å². The van der Waals surface area contributed by atoms with Gasteiger partial charge in [-0.3, -0.25) is 4.79 Å². The third kappa shape index (κ3) is 4.47. The van der Waals surface area contributed by atoms with Gasteiger partial charge in [0, 0.05) is 22.8 Å². The molecule has 2 aromatic carbocycles. The van der Waals surface area contributed by atoms with Gasteiger partial charge in [-0.25, -0.2) is 0 Å². The SMILES string of the molecule is COc1cc(OC)c(C=C(C#N)C(=O)Nc2cccc(Cl)c2)c(OC)c1. The first-order valence-corrected chi connectivity index (χ1v) is 7.89. The number of methoxy groups -OCH3 is 3. The second-order valence-corrected chi connectivity index (χ2v) is 5.52. The largest absolute Gasteiger partial charge is 0.496 e. The Morgan fingerprint density at radius 1 is 1.12 bits per heavy atom. The fourth-order valence-electron chi connectivity index (χ4n) is 2.23. The van der Waals surface area contributed by atoms with Gasteiger partial charge in [0.2, 0.25) is 0 Å². The molecule has 0 radical (unpaired) electrons. The zero-order valence-electron chi connectivity index (χ0n) is 14.5. The van der Waals surface area contributed by atoms with E-state index >= 15 is 0 Å². The zero-order valence-corrected chi connectivity index (χ0v) is 15.3. The fraction of sp³-hybridized carbons (Fsp3) is 0.158. The lowest BCUT2D eigenvalue weighted by Gasteiger charge is -2.13. The van der Waals surface area contributed by atoms with Crippen molar-refractivity contribution in [3.8, 4) is 23.3 Å². The lowest BCUT2D eigenvalue weighted by molar-refractivity contribution is -0.112. The molecule has 0 atom stereocenters. The summed E-state index contributed by atoms with van der Waals surface area (Å²) in [6, 6.07) is 11.8. The summed E-state index contributed by atoms with van der Waals surface area (Å²) >= 11 is 5.90. The molecule has 134 valence electrons. The van der Waals surface area contributed by atoms with Crippen molar-refractivity contribution < 1.29 is 19.0 Å². The number of carbonyl (C=O) groups excluding carboxylic acids is 1. The van der Waals surface area contributed by atoms with Gasteiger partial charge >= 0.3 is 0 Å². The van der Waals surface area contributed by atoms with Crippen LogP contribution in [0.3, 0.4) is 0 Å². The Bertz CT molecular complexity index is 862. The van der Waals surface area contributed by atoms with E-state index in [0.29, 0.717) is 33.5 Å². The lowest BCUT2D eigenvalue weighted by Crippen LogP contribution is -2.13. The van der Waals surface area contributed by atoms with Crippen molar-refractivity contribution in [1.29, 1.82) is 5.26 Å². The summed E-state index contributed by atoms with van der Waals surface area (Å²) in [5.74, 6) is 0.765. The summed E-state index contributed by atoms with van der Waals surface area (Å²) in [7, 11) is 4.47. The van der Waals surface area contributed by atoms with Crippen LogP contribution < -0.4 is 19.5 Å². The number of amides is 1. The zero-order chi connectivity index (χ0) is 19.1. The van der Waals surface area contributed by atoms with Gasteiger partial charge in [-0.1, -0.05) is 17.7 Å². The van der Waals surface area contributed by atoms with E-state index in [2.05, 4.69) is 5.32 Å². The van der Waals surface area contributed by atoms with E-state index in [1.165, 1.54) is 27.4 Å². The predicted octanol–water partition coefficient (Wildman–Crippen LogP) is 3.91. The van der Waals surface area contributed by atoms with Crippen LogP contribution >= 0.6 is 11.6 Å². The van der Waals surface area contributed by atoms with Gasteiger partial charge in [0.15, 0.2) is 0 Å². The Hall–Kier alpha value is -3.17. The summed E-state index contributed by atoms with van der Waals surface area (Å²) < 4.78 is 15.8. The van der Waals surface area contributed by atoms with Crippen molar-refractivity contribution in [2.45, 2.75) is 0 Å². The van der Waals surface area contributed by atoms with Crippen molar-refractivity contribution in [3.05, 3.63) is 52.6 Å². The highest BCUT2D eigenvalue weighted by Gasteiger charge is 2.16. The second-order valence-electron chi connectivity index (χ2n) is 5.08. The third-order valence-electron chi connectivity index (χ3n) is 3.49. The van der Waals surface area contributed by atoms with Crippen molar-refractivity contribution >= 4 is 29.3 Å². The van der Waals surface area contributed by atoms with E-state index in [4.69, 9.17) is 25.8 Å². The van der Waals surface area contributed by atoms with E-state index in [1.54, 1.807) is 36.4 Å². The Morgan fingerprint density at radius 3 is 2.27 bits per heavy atom. The highest BCUT2D eigenvalue weighted by Crippen LogP contribution is 2.35. The number of hydrogen-bond donors (Lipinski definition) is 1. The topological polar surface area (TPSA) is 80.6 Å². The maximum atomic E-state index is 12.4. The molecule has 0 aliphatic rings. The number of halogens is 1. The first kappa shape index (κ1) is 19.2. The molecule has 0 unspecified atom stereocenters. The van der Waals surface area contributed by atoms with Gasteiger partial charge in [-0.05, 0) is 24.3 Å². The van der Waals surface area contributed by atoms with Crippen LogP contribution in [0.15, 0.2) is 42.0 Å². The summed E-state index contributed by atoms with van der Waals surface area (Å²) in [5, 5.41) is 12.5. The molecule has 1 amide bonds. The first-order valence-electron chi connectivity index (χ1n) is 7.51. The molecule has 0 aliphatic heterocycles. The molecule has 0 saturated carbocycles. The molecular weight excluding hydrogens is 356 g/mol. The molecule has 0 aliphatic carbocycles. The number of nitrogens with one attached hydrogen (secondary N) is 1. The number of nitrogens with zero attached hydrogens (tertiary/aromatic N) is 1. The monoisotopic (exact) mass is 372 g/mol. The smallest absolute Gasteiger partial charge is 0.266 e. The first-order chi connectivity index (χ1) is 12.5. The number of benzene rings is 2. The van der Waals surface area contributed by atoms with Gasteiger partial charge in [0.25, 0.3) is 5.91 Å². The lowest BCUT2D eigenvalue weighted by atomic mass is 10.1. The van der Waals surface area contributed by atoms with E-state index in [9.17, 15) is 10.1 Å². The molecule has 0 bridgehead atoms. The van der Waals surface area contributed by atoms with E-state index in [0.717, 1.165) is 0 Å². The summed E-state index contributed by atoms with van der Waals surface area (Å²) in [5.41, 5.74) is 0.817. The number of rotatable bonds is 6. The quantitative estimate of drug-likeness (QED) is 0.614. The number of anilines is 1. The normalized spacial score (nSPS) is 10.7. The minimum atomic E-state index is -0.574. The molecule has 6 nitrogen and oxygen atoms in total. The van der Waals surface area contributed by atoms with Crippen LogP contribution in [-0.4, -0.2) is 27.2 Å². The van der Waals surface area contributed by atoms with Gasteiger partial charge in [-0.2, -0.15) is 5.26 Å². The minimum Gasteiger partial charge on any atom is -0.496 e. The van der Waals surface area contributed by atoms with Crippen molar-refractivity contribution in [3.63, 3.8) is 0 Å². The molecule has 26 heavy (non-hydrogen) atoms. The maximum absolute atomic E-state index is 12.4. The molecule has 0 saturated heterocycles. The van der Waals surface area contributed by atoms with E-state index < -0.39 is 5.91 Å². The van der Waals surface area contributed by atoms with Gasteiger partial charge < -0.3 is 19.5 Å². The van der Waals surface area contributed by atoms with Gasteiger partial charge in [0.1, 0.15) is 28.9 Å². The van der Waals surface area contributed by atoms with Crippen LogP contribution in [0.25, 0.3) is 6.08 Å². The summed E-state index contributed by atoms with van der Waals surface area (Å²) in [4.78, 5) is 12.4. The van der Waals surface area contributed by atoms with Gasteiger partial charge in [0.05, 0.1) is 26.9 Å². The molecular formula is C19H17ClN2O4. The summed E-state index contributed by atoms with van der Waals surface area (Å²) in [6.07, 6.45) is 1.40. The van der Waals surface area contributed by atoms with Crippen LogP contribution in [0.5, 0.6) is 17.2 Å². The highest BCUT2D eigenvalue weighted by atomic mass is 35.5. The average molecular weight is 373 g/mol. The van der Waals surface area contributed by atoms with Crippen LogP contribution in [0, 0.1) is 11.3 Å². The Labute approximate surface area is 156 Å². The van der Waals surface area contributed by atoms with Crippen LogP contribution in [0.1, 0.15) is 5.56 Å². The van der Waals surface area contributed by atoms with E-state index in [-0.39, 0.29) is 5.57 Å². The third-order valence-corrected chi connectivity index (χ3v) is 3.72. The molecule has 7 heteroatoms. The van der Waals surface area contributed by atoms with Crippen LogP contribution in [0.4, 0.5) is 5.69 Å². The molecule has 0 fully saturated rings. The molecule has 1 N–H and O–H groups in total. The Kier molecular flexibility index (Phi) is 6.48. The molecule has 2 rings (SSSR count). The number of nitriles is 1. The fourth-order valence-corrected chi connectivity index (χ4v) is 2.42. The maximum Gasteiger partial charge on any atom is 0.266 e. The molecule has 0 spiro atoms. The van der Waals surface area contributed by atoms with Gasteiger partial charge in [-0.15, -0.1) is 0 Å². The molecule has 0 aromatic heterocycles. The molecule has 0 heterocycles. The van der Waals surface area contributed by atoms with Crippen molar-refractivity contribution in [2.24, 2.45) is 0 Å². The highest BCUT2D eigenvalue weighted by molar-refractivity contribution is 6.31. The average Bonchev–Trinajstić information content (AvgIpc) is 2.65. The number of carbonyl (C=O) groups is 1. The van der Waals surface area contributed by atoms with Crippen molar-refractivity contribution in [1.82, 2.24) is 0 Å². The second kappa shape index (κ2) is 8.79. The standard InChI is InChI=1S/C19H17ClN2O4/c1-24-15-9-17(25-2)16(18(10-15)26-3)7-12(11-21)19(23)22-14-6-4-5-13(20)8-14/h4-10H,1-3H3,(H,22,23). The molecule has 2 aromatic rings. The Balaban J connectivity index is 2.42. The summed E-state index contributed by atoms with van der Waals surface area (Å²) in [6.45, 7) is 0.